The van der Waals surface area contributed by atoms with Crippen molar-refractivity contribution in [2.45, 2.75) is 39.3 Å². The number of aromatic nitrogens is 2. The molecule has 0 saturated heterocycles. The molecule has 0 fully saturated rings. The van der Waals surface area contributed by atoms with E-state index < -0.39 is 41.2 Å². The van der Waals surface area contributed by atoms with Crippen LogP contribution in [0.5, 0.6) is 5.88 Å². The Labute approximate surface area is 157 Å². The zero-order chi connectivity index (χ0) is 21.1. The quantitative estimate of drug-likeness (QED) is 0.418. The van der Waals surface area contributed by atoms with E-state index in [4.69, 9.17) is 9.94 Å². The zero-order valence-electron chi connectivity index (χ0n) is 15.1. The maximum Gasteiger partial charge on any atom is 0.416 e. The number of aromatic amines is 1. The Morgan fingerprint density at radius 3 is 2.57 bits per heavy atom. The lowest BCUT2D eigenvalue weighted by Crippen LogP contribution is -2.37. The van der Waals surface area contributed by atoms with Crippen molar-refractivity contribution in [2.75, 3.05) is 0 Å². The first-order valence-electron chi connectivity index (χ1n) is 8.26. The van der Waals surface area contributed by atoms with Crippen LogP contribution in [0, 0.1) is 5.92 Å². The number of H-pyrrole nitrogens is 1. The van der Waals surface area contributed by atoms with Gasteiger partial charge in [0.2, 0.25) is 5.88 Å². The highest BCUT2D eigenvalue weighted by atomic mass is 19.4. The number of imidazole rings is 1. The highest BCUT2D eigenvalue weighted by molar-refractivity contribution is 5.79. The maximum absolute atomic E-state index is 12.7. The summed E-state index contributed by atoms with van der Waals surface area (Å²) in [7, 11) is 0. The van der Waals surface area contributed by atoms with Crippen LogP contribution in [0.3, 0.4) is 0 Å². The Hall–Kier alpha value is -2.79. The number of halogens is 3. The number of hydrogen-bond donors (Lipinski definition) is 4. The molecule has 28 heavy (non-hydrogen) atoms. The first-order valence-corrected chi connectivity index (χ1v) is 8.26. The van der Waals surface area contributed by atoms with E-state index in [1.807, 2.05) is 0 Å². The summed E-state index contributed by atoms with van der Waals surface area (Å²) in [6.45, 7) is 2.72. The predicted molar refractivity (Wildman–Crippen MR) is 90.5 cm³/mol. The van der Waals surface area contributed by atoms with Gasteiger partial charge in [-0.15, -0.1) is 0 Å². The summed E-state index contributed by atoms with van der Waals surface area (Å²) >= 11 is 0. The van der Waals surface area contributed by atoms with Crippen molar-refractivity contribution < 1.29 is 33.0 Å². The molecule has 0 spiro atoms. The Morgan fingerprint density at radius 2 is 2.00 bits per heavy atom. The van der Waals surface area contributed by atoms with E-state index in [1.165, 1.54) is 17.6 Å². The minimum atomic E-state index is -4.48. The van der Waals surface area contributed by atoms with Crippen LogP contribution in [0.4, 0.5) is 13.2 Å². The van der Waals surface area contributed by atoms with Crippen LogP contribution in [0.1, 0.15) is 36.7 Å². The fourth-order valence-corrected chi connectivity index (χ4v) is 2.74. The molecule has 0 radical (unpaired) electrons. The van der Waals surface area contributed by atoms with E-state index in [1.54, 1.807) is 13.8 Å². The molecule has 11 heteroatoms. The summed E-state index contributed by atoms with van der Waals surface area (Å²) in [6, 6.07) is 3.40. The second kappa shape index (κ2) is 8.48. The lowest BCUT2D eigenvalue weighted by Gasteiger charge is -2.19. The third kappa shape index (κ3) is 4.73. The van der Waals surface area contributed by atoms with Gasteiger partial charge in [-0.2, -0.15) is 13.2 Å². The molecule has 0 bridgehead atoms. The monoisotopic (exact) mass is 403 g/mol. The summed E-state index contributed by atoms with van der Waals surface area (Å²) in [5, 5.41) is 19.1. The van der Waals surface area contributed by atoms with Crippen LogP contribution < -0.4 is 11.2 Å². The van der Waals surface area contributed by atoms with Crippen molar-refractivity contribution >= 4 is 5.91 Å². The molecule has 1 atom stereocenters. The number of rotatable bonds is 7. The average Bonchev–Trinajstić information content (AvgIpc) is 2.89. The molecule has 2 rings (SSSR count). The molecular weight excluding hydrogens is 383 g/mol. The number of amides is 1. The van der Waals surface area contributed by atoms with Crippen LogP contribution in [0.15, 0.2) is 29.1 Å². The number of nitrogens with zero attached hydrogens (tertiary/aromatic N) is 1. The molecule has 1 heterocycles. The van der Waals surface area contributed by atoms with Gasteiger partial charge in [0.1, 0.15) is 11.7 Å². The fraction of sp³-hybridized carbons (Fsp3) is 0.412. The number of hydrogen-bond acceptors (Lipinski definition) is 5. The standard InChI is InChI=1S/C17H20F3N3O5/c1-9(2)13(14(24)22-27)23-15(25)12(21-16(23)26)8-28-7-10-4-3-5-11(6-10)17(18,19)20/h3-6,9,13,25,27H,7-8H2,1-2H3,(H,21,26)(H,22,24)/t13-/m1/s1. The Morgan fingerprint density at radius 1 is 1.32 bits per heavy atom. The van der Waals surface area contributed by atoms with Gasteiger partial charge in [-0.3, -0.25) is 10.0 Å². The average molecular weight is 403 g/mol. The number of carbonyl (C=O) groups is 1. The second-order valence-electron chi connectivity index (χ2n) is 6.46. The molecule has 8 nitrogen and oxygen atoms in total. The molecule has 0 aliphatic rings. The number of aromatic hydroxyl groups is 1. The van der Waals surface area contributed by atoms with Gasteiger partial charge < -0.3 is 14.8 Å². The summed E-state index contributed by atoms with van der Waals surface area (Å²) in [6.07, 6.45) is -4.48. The van der Waals surface area contributed by atoms with Crippen molar-refractivity contribution in [1.29, 1.82) is 0 Å². The highest BCUT2D eigenvalue weighted by Gasteiger charge is 2.31. The molecule has 2 aromatic rings. The predicted octanol–water partition coefficient (Wildman–Crippen LogP) is 2.32. The summed E-state index contributed by atoms with van der Waals surface area (Å²) in [5.41, 5.74) is 0.0480. The molecule has 0 unspecified atom stereocenters. The molecule has 1 aromatic heterocycles. The van der Waals surface area contributed by atoms with Gasteiger partial charge in [-0.05, 0) is 23.6 Å². The minimum Gasteiger partial charge on any atom is -0.493 e. The minimum absolute atomic E-state index is 0.0478. The van der Waals surface area contributed by atoms with Gasteiger partial charge in [0.05, 0.1) is 18.8 Å². The van der Waals surface area contributed by atoms with E-state index in [0.29, 0.717) is 0 Å². The van der Waals surface area contributed by atoms with E-state index >= 15 is 0 Å². The van der Waals surface area contributed by atoms with Crippen molar-refractivity contribution in [3.8, 4) is 5.88 Å². The fourth-order valence-electron chi connectivity index (χ4n) is 2.74. The number of hydroxylamine groups is 1. The maximum atomic E-state index is 12.7. The van der Waals surface area contributed by atoms with Crippen molar-refractivity contribution in [1.82, 2.24) is 15.0 Å². The van der Waals surface area contributed by atoms with E-state index in [0.717, 1.165) is 16.7 Å². The first-order chi connectivity index (χ1) is 13.1. The largest absolute Gasteiger partial charge is 0.493 e. The molecule has 0 saturated carbocycles. The number of benzene rings is 1. The topological polar surface area (TPSA) is 117 Å². The molecule has 4 N–H and O–H groups in total. The van der Waals surface area contributed by atoms with E-state index in [9.17, 15) is 27.9 Å². The SMILES string of the molecule is CC(C)[C@H](C(=O)NO)n1c(O)c(COCc2cccc(C(F)(F)F)c2)[nH]c1=O. The number of ether oxygens (including phenoxy) is 1. The van der Waals surface area contributed by atoms with Crippen LogP contribution in [-0.4, -0.2) is 25.8 Å². The first kappa shape index (κ1) is 21.5. The smallest absolute Gasteiger partial charge is 0.416 e. The molecule has 154 valence electrons. The molecule has 0 aliphatic carbocycles. The van der Waals surface area contributed by atoms with Crippen molar-refractivity contribution in [3.63, 3.8) is 0 Å². The summed E-state index contributed by atoms with van der Waals surface area (Å²) in [4.78, 5) is 26.3. The Balaban J connectivity index is 2.15. The zero-order valence-corrected chi connectivity index (χ0v) is 15.1. The van der Waals surface area contributed by atoms with Gasteiger partial charge >= 0.3 is 11.9 Å². The van der Waals surface area contributed by atoms with Crippen LogP contribution in [-0.2, 0) is 28.9 Å². The highest BCUT2D eigenvalue weighted by Crippen LogP contribution is 2.30. The van der Waals surface area contributed by atoms with Crippen LogP contribution in [0.25, 0.3) is 0 Å². The summed E-state index contributed by atoms with van der Waals surface area (Å²) < 4.78 is 44.2. The molecular formula is C17H20F3N3O5. The van der Waals surface area contributed by atoms with Crippen molar-refractivity contribution in [3.05, 3.63) is 51.6 Å². The number of carbonyl (C=O) groups excluding carboxylic acids is 1. The Kier molecular flexibility index (Phi) is 6.52. The normalized spacial score (nSPS) is 13.0. The van der Waals surface area contributed by atoms with Gasteiger partial charge in [0, 0.05) is 0 Å². The number of nitrogens with one attached hydrogen (secondary N) is 2. The lowest BCUT2D eigenvalue weighted by molar-refractivity contribution is -0.137. The molecule has 1 amide bonds. The van der Waals surface area contributed by atoms with Gasteiger partial charge in [0.25, 0.3) is 5.91 Å². The van der Waals surface area contributed by atoms with Crippen LogP contribution >= 0.6 is 0 Å². The third-order valence-corrected chi connectivity index (χ3v) is 4.03. The second-order valence-corrected chi connectivity index (χ2v) is 6.46. The molecule has 0 aliphatic heterocycles. The summed E-state index contributed by atoms with van der Waals surface area (Å²) in [5.74, 6) is -1.88. The van der Waals surface area contributed by atoms with Gasteiger partial charge in [0.15, 0.2) is 0 Å². The number of alkyl halides is 3. The van der Waals surface area contributed by atoms with Crippen LogP contribution in [0.2, 0.25) is 0 Å². The third-order valence-electron chi connectivity index (χ3n) is 4.03. The van der Waals surface area contributed by atoms with Gasteiger partial charge in [-0.1, -0.05) is 26.0 Å². The molecule has 1 aromatic carbocycles. The van der Waals surface area contributed by atoms with E-state index in [2.05, 4.69) is 4.98 Å². The Bertz CT molecular complexity index is 889. The van der Waals surface area contributed by atoms with Crippen molar-refractivity contribution in [2.24, 2.45) is 5.92 Å². The lowest BCUT2D eigenvalue weighted by atomic mass is 10.0. The van der Waals surface area contributed by atoms with Gasteiger partial charge in [-0.25, -0.2) is 14.8 Å². The van der Waals surface area contributed by atoms with E-state index in [-0.39, 0.29) is 24.5 Å².